The molecule has 0 bridgehead atoms. The molecule has 30 heavy (non-hydrogen) atoms. The lowest BCUT2D eigenvalue weighted by Gasteiger charge is -2.19. The van der Waals surface area contributed by atoms with Gasteiger partial charge in [0.05, 0.1) is 34.4 Å². The average molecular weight is 529 g/mol. The molecule has 0 aliphatic heterocycles. The molecule has 0 fully saturated rings. The lowest BCUT2D eigenvalue weighted by atomic mass is 10.2. The van der Waals surface area contributed by atoms with Gasteiger partial charge < -0.3 is 29.6 Å². The van der Waals surface area contributed by atoms with Crippen molar-refractivity contribution < 1.29 is 18.9 Å². The lowest BCUT2D eigenvalue weighted by Crippen LogP contribution is -2.41. The predicted molar refractivity (Wildman–Crippen MR) is 131 cm³/mol. The van der Waals surface area contributed by atoms with E-state index in [4.69, 9.17) is 18.9 Å². The van der Waals surface area contributed by atoms with Gasteiger partial charge in [-0.05, 0) is 32.0 Å². The van der Waals surface area contributed by atoms with Gasteiger partial charge in [0.25, 0.3) is 0 Å². The second-order valence-corrected chi connectivity index (χ2v) is 6.31. The Kier molecular flexibility index (Phi) is 11.8. The number of aliphatic imine (C=N–C) groups is 1. The van der Waals surface area contributed by atoms with E-state index in [2.05, 4.69) is 15.6 Å². The summed E-state index contributed by atoms with van der Waals surface area (Å²) in [4.78, 5) is 4.66. The minimum absolute atomic E-state index is 0. The molecule has 1 atom stereocenters. The molecule has 7 nitrogen and oxygen atoms in total. The third kappa shape index (κ3) is 7.47. The van der Waals surface area contributed by atoms with Crippen molar-refractivity contribution in [2.24, 2.45) is 4.99 Å². The van der Waals surface area contributed by atoms with Crippen LogP contribution in [-0.2, 0) is 6.54 Å². The molecular formula is C22H32IN3O4. The van der Waals surface area contributed by atoms with Crippen molar-refractivity contribution in [3.63, 3.8) is 0 Å². The Morgan fingerprint density at radius 1 is 0.900 bits per heavy atom. The number of methoxy groups -OCH3 is 3. The summed E-state index contributed by atoms with van der Waals surface area (Å²) in [6, 6.07) is 13.4. The first-order valence-corrected chi connectivity index (χ1v) is 9.64. The minimum Gasteiger partial charge on any atom is -0.493 e. The van der Waals surface area contributed by atoms with Crippen LogP contribution in [0.3, 0.4) is 0 Å². The van der Waals surface area contributed by atoms with Crippen molar-refractivity contribution in [1.29, 1.82) is 0 Å². The molecule has 0 aromatic heterocycles. The highest BCUT2D eigenvalue weighted by atomic mass is 127. The van der Waals surface area contributed by atoms with E-state index in [1.165, 1.54) is 0 Å². The van der Waals surface area contributed by atoms with Gasteiger partial charge in [0.2, 0.25) is 0 Å². The first kappa shape index (κ1) is 25.7. The highest BCUT2D eigenvalue weighted by molar-refractivity contribution is 14.0. The number of hydrogen-bond donors (Lipinski definition) is 2. The second kappa shape index (κ2) is 13.8. The van der Waals surface area contributed by atoms with Crippen molar-refractivity contribution in [2.75, 3.05) is 34.4 Å². The minimum atomic E-state index is -0.0819. The van der Waals surface area contributed by atoms with Crippen LogP contribution < -0.4 is 29.6 Å². The fourth-order valence-electron chi connectivity index (χ4n) is 2.80. The quantitative estimate of drug-likeness (QED) is 0.277. The first-order valence-electron chi connectivity index (χ1n) is 9.64. The predicted octanol–water partition coefficient (Wildman–Crippen LogP) is 3.85. The summed E-state index contributed by atoms with van der Waals surface area (Å²) < 4.78 is 22.2. The Morgan fingerprint density at radius 2 is 1.57 bits per heavy atom. The zero-order valence-electron chi connectivity index (χ0n) is 18.2. The fraction of sp³-hybridized carbons (Fsp3) is 0.409. The van der Waals surface area contributed by atoms with E-state index in [1.54, 1.807) is 21.3 Å². The number of guanidine groups is 1. The maximum atomic E-state index is 5.99. The monoisotopic (exact) mass is 529 g/mol. The molecule has 8 heteroatoms. The molecule has 2 aromatic rings. The highest BCUT2D eigenvalue weighted by Gasteiger charge is 2.11. The van der Waals surface area contributed by atoms with Gasteiger partial charge in [0.1, 0.15) is 6.10 Å². The van der Waals surface area contributed by atoms with Gasteiger partial charge in [-0.15, -0.1) is 24.0 Å². The smallest absolute Gasteiger partial charge is 0.191 e. The molecule has 0 saturated carbocycles. The van der Waals surface area contributed by atoms with Crippen LogP contribution >= 0.6 is 24.0 Å². The fourth-order valence-corrected chi connectivity index (χ4v) is 2.80. The maximum absolute atomic E-state index is 5.99. The molecule has 2 N–H and O–H groups in total. The molecule has 0 amide bonds. The topological polar surface area (TPSA) is 73.3 Å². The molecule has 166 valence electrons. The number of para-hydroxylation sites is 3. The van der Waals surface area contributed by atoms with Crippen LogP contribution in [0.15, 0.2) is 47.5 Å². The van der Waals surface area contributed by atoms with Gasteiger partial charge in [-0.3, -0.25) is 0 Å². The van der Waals surface area contributed by atoms with Crippen LogP contribution in [-0.4, -0.2) is 46.5 Å². The Bertz CT molecular complexity index is 802. The van der Waals surface area contributed by atoms with Crippen LogP contribution in [0.5, 0.6) is 23.0 Å². The zero-order valence-corrected chi connectivity index (χ0v) is 20.6. The van der Waals surface area contributed by atoms with Crippen LogP contribution in [0.1, 0.15) is 19.4 Å². The summed E-state index contributed by atoms with van der Waals surface area (Å²) >= 11 is 0. The standard InChI is InChI=1S/C22H31N3O4.HI/c1-6-23-22(25-15-17-10-9-13-20(27-4)21(17)28-5)24-14-16(2)29-19-12-8-7-11-18(19)26-3;/h7-13,16H,6,14-15H2,1-5H3,(H2,23,24,25);1H. The first-order chi connectivity index (χ1) is 14.1. The molecule has 0 radical (unpaired) electrons. The van der Waals surface area contributed by atoms with Crippen molar-refractivity contribution >= 4 is 29.9 Å². The second-order valence-electron chi connectivity index (χ2n) is 6.31. The summed E-state index contributed by atoms with van der Waals surface area (Å²) in [5.74, 6) is 3.52. The number of hydrogen-bond acceptors (Lipinski definition) is 5. The van der Waals surface area contributed by atoms with Crippen LogP contribution in [0, 0.1) is 0 Å². The van der Waals surface area contributed by atoms with E-state index < -0.39 is 0 Å². The van der Waals surface area contributed by atoms with Gasteiger partial charge in [-0.1, -0.05) is 24.3 Å². The number of halogens is 1. The van der Waals surface area contributed by atoms with Crippen LogP contribution in [0.4, 0.5) is 0 Å². The Balaban J connectivity index is 0.00000450. The largest absolute Gasteiger partial charge is 0.493 e. The van der Waals surface area contributed by atoms with Crippen molar-refractivity contribution in [3.05, 3.63) is 48.0 Å². The number of nitrogens with zero attached hydrogens (tertiary/aromatic N) is 1. The highest BCUT2D eigenvalue weighted by Crippen LogP contribution is 2.31. The Hall–Kier alpha value is -2.36. The summed E-state index contributed by atoms with van der Waals surface area (Å²) in [7, 11) is 4.89. The Morgan fingerprint density at radius 3 is 2.20 bits per heavy atom. The molecule has 0 heterocycles. The number of rotatable bonds is 10. The third-order valence-corrected chi connectivity index (χ3v) is 4.19. The summed E-state index contributed by atoms with van der Waals surface area (Å²) in [6.45, 7) is 5.81. The van der Waals surface area contributed by atoms with E-state index in [9.17, 15) is 0 Å². The van der Waals surface area contributed by atoms with Crippen LogP contribution in [0.25, 0.3) is 0 Å². The molecule has 0 aliphatic rings. The van der Waals surface area contributed by atoms with Crippen molar-refractivity contribution in [2.45, 2.75) is 26.5 Å². The molecule has 2 rings (SSSR count). The van der Waals surface area contributed by atoms with Gasteiger partial charge in [0, 0.05) is 12.1 Å². The Labute approximate surface area is 196 Å². The zero-order chi connectivity index (χ0) is 21.1. The maximum Gasteiger partial charge on any atom is 0.191 e. The average Bonchev–Trinajstić information content (AvgIpc) is 2.75. The molecule has 0 saturated heterocycles. The number of nitrogens with one attached hydrogen (secondary N) is 2. The van der Waals surface area contributed by atoms with Crippen molar-refractivity contribution in [3.8, 4) is 23.0 Å². The van der Waals surface area contributed by atoms with E-state index in [0.29, 0.717) is 42.0 Å². The van der Waals surface area contributed by atoms with Gasteiger partial charge >= 0.3 is 0 Å². The molecule has 1 unspecified atom stereocenters. The molecular weight excluding hydrogens is 497 g/mol. The molecule has 0 spiro atoms. The van der Waals surface area contributed by atoms with E-state index in [1.807, 2.05) is 56.3 Å². The van der Waals surface area contributed by atoms with Crippen LogP contribution in [0.2, 0.25) is 0 Å². The van der Waals surface area contributed by atoms with Crippen molar-refractivity contribution in [1.82, 2.24) is 10.6 Å². The van der Waals surface area contributed by atoms with Gasteiger partial charge in [-0.25, -0.2) is 4.99 Å². The summed E-state index contributed by atoms with van der Waals surface area (Å²) in [5.41, 5.74) is 0.947. The number of benzene rings is 2. The van der Waals surface area contributed by atoms with E-state index in [-0.39, 0.29) is 30.1 Å². The summed E-state index contributed by atoms with van der Waals surface area (Å²) in [6.07, 6.45) is -0.0819. The molecule has 2 aromatic carbocycles. The van der Waals surface area contributed by atoms with E-state index in [0.717, 1.165) is 12.1 Å². The molecule has 0 aliphatic carbocycles. The normalized spacial score (nSPS) is 11.7. The number of ether oxygens (including phenoxy) is 4. The summed E-state index contributed by atoms with van der Waals surface area (Å²) in [5, 5.41) is 6.56. The van der Waals surface area contributed by atoms with Gasteiger partial charge in [-0.2, -0.15) is 0 Å². The third-order valence-electron chi connectivity index (χ3n) is 4.19. The van der Waals surface area contributed by atoms with E-state index >= 15 is 0 Å². The lowest BCUT2D eigenvalue weighted by molar-refractivity contribution is 0.213. The van der Waals surface area contributed by atoms with Gasteiger partial charge in [0.15, 0.2) is 29.0 Å². The SMILES string of the molecule is CCNC(=NCc1cccc(OC)c1OC)NCC(C)Oc1ccccc1OC.I.